The minimum absolute atomic E-state index is 0.00720. The maximum atomic E-state index is 9.59. The molecule has 102 valence electrons. The molecule has 0 aromatic rings. The molecule has 4 heteroatoms. The molecule has 0 rings (SSSR count). The number of rotatable bonds is 9. The molecule has 0 saturated carbocycles. The van der Waals surface area contributed by atoms with Crippen LogP contribution >= 0.6 is 0 Å². The van der Waals surface area contributed by atoms with Crippen molar-refractivity contribution in [2.45, 2.75) is 65.0 Å². The standard InChI is InChI=1S/C13H26O4/c1-9(2)17-13(16)8-7-12(11(4)15)6-5-10(3)14/h9,11-16H,3,5-8H2,1-2,4H3/t11-,12?,13?/m1/s1. The lowest BCUT2D eigenvalue weighted by atomic mass is 9.92. The fourth-order valence-corrected chi connectivity index (χ4v) is 1.72. The van der Waals surface area contributed by atoms with Gasteiger partial charge in [0.05, 0.1) is 18.0 Å². The molecule has 0 aromatic heterocycles. The van der Waals surface area contributed by atoms with Gasteiger partial charge in [0.2, 0.25) is 0 Å². The largest absolute Gasteiger partial charge is 0.513 e. The third-order valence-electron chi connectivity index (χ3n) is 2.70. The first-order valence-corrected chi connectivity index (χ1v) is 6.21. The maximum Gasteiger partial charge on any atom is 0.154 e. The van der Waals surface area contributed by atoms with Gasteiger partial charge in [0.1, 0.15) is 0 Å². The second kappa shape index (κ2) is 8.50. The Morgan fingerprint density at radius 3 is 2.12 bits per heavy atom. The van der Waals surface area contributed by atoms with Crippen LogP contribution in [0, 0.1) is 5.92 Å². The van der Waals surface area contributed by atoms with Crippen LogP contribution in [0.2, 0.25) is 0 Å². The molecule has 0 aliphatic carbocycles. The summed E-state index contributed by atoms with van der Waals surface area (Å²) in [6, 6.07) is 0. The molecular formula is C13H26O4. The molecule has 0 bridgehead atoms. The molecule has 0 fully saturated rings. The second-order valence-corrected chi connectivity index (χ2v) is 4.82. The van der Waals surface area contributed by atoms with Gasteiger partial charge in [-0.1, -0.05) is 6.58 Å². The monoisotopic (exact) mass is 246 g/mol. The van der Waals surface area contributed by atoms with E-state index in [-0.39, 0.29) is 17.8 Å². The van der Waals surface area contributed by atoms with Crippen LogP contribution in [0.3, 0.4) is 0 Å². The smallest absolute Gasteiger partial charge is 0.154 e. The Balaban J connectivity index is 3.95. The highest BCUT2D eigenvalue weighted by atomic mass is 16.6. The Kier molecular flexibility index (Phi) is 8.21. The second-order valence-electron chi connectivity index (χ2n) is 4.82. The Morgan fingerprint density at radius 2 is 1.71 bits per heavy atom. The minimum atomic E-state index is -0.784. The average molecular weight is 246 g/mol. The van der Waals surface area contributed by atoms with E-state index in [1.165, 1.54) is 0 Å². The molecule has 0 aliphatic rings. The van der Waals surface area contributed by atoms with E-state index in [0.717, 1.165) is 0 Å². The van der Waals surface area contributed by atoms with Crippen molar-refractivity contribution < 1.29 is 20.1 Å². The summed E-state index contributed by atoms with van der Waals surface area (Å²) in [4.78, 5) is 0. The van der Waals surface area contributed by atoms with Crippen molar-refractivity contribution >= 4 is 0 Å². The van der Waals surface area contributed by atoms with Gasteiger partial charge in [-0.15, -0.1) is 0 Å². The molecule has 17 heavy (non-hydrogen) atoms. The van der Waals surface area contributed by atoms with Crippen LogP contribution in [0.25, 0.3) is 0 Å². The normalized spacial score (nSPS) is 16.8. The minimum Gasteiger partial charge on any atom is -0.513 e. The summed E-state index contributed by atoms with van der Waals surface area (Å²) >= 11 is 0. The van der Waals surface area contributed by atoms with Crippen LogP contribution in [-0.2, 0) is 4.74 Å². The van der Waals surface area contributed by atoms with Gasteiger partial charge in [0.25, 0.3) is 0 Å². The average Bonchev–Trinajstić information content (AvgIpc) is 2.15. The van der Waals surface area contributed by atoms with Gasteiger partial charge in [0.15, 0.2) is 6.29 Å². The van der Waals surface area contributed by atoms with Crippen LogP contribution in [0.5, 0.6) is 0 Å². The number of hydrogen-bond acceptors (Lipinski definition) is 4. The fourth-order valence-electron chi connectivity index (χ4n) is 1.72. The van der Waals surface area contributed by atoms with Gasteiger partial charge in [-0.05, 0) is 46.0 Å². The zero-order chi connectivity index (χ0) is 13.4. The number of allylic oxidation sites excluding steroid dienone is 1. The number of aliphatic hydroxyl groups is 3. The van der Waals surface area contributed by atoms with Crippen molar-refractivity contribution in [2.24, 2.45) is 5.92 Å². The summed E-state index contributed by atoms with van der Waals surface area (Å²) in [5.41, 5.74) is 0. The van der Waals surface area contributed by atoms with Crippen molar-refractivity contribution in [1.29, 1.82) is 0 Å². The first-order valence-electron chi connectivity index (χ1n) is 6.21. The van der Waals surface area contributed by atoms with E-state index in [0.29, 0.717) is 25.7 Å². The van der Waals surface area contributed by atoms with Gasteiger partial charge < -0.3 is 20.1 Å². The van der Waals surface area contributed by atoms with Gasteiger partial charge in [0, 0.05) is 6.42 Å². The molecule has 0 aromatic carbocycles. The summed E-state index contributed by atoms with van der Waals surface area (Å²) in [6.45, 7) is 8.88. The maximum absolute atomic E-state index is 9.59. The van der Waals surface area contributed by atoms with Crippen LogP contribution in [0.1, 0.15) is 46.5 Å². The van der Waals surface area contributed by atoms with Crippen LogP contribution in [0.4, 0.5) is 0 Å². The lowest BCUT2D eigenvalue weighted by molar-refractivity contribution is -0.132. The van der Waals surface area contributed by atoms with Gasteiger partial charge in [-0.3, -0.25) is 0 Å². The zero-order valence-electron chi connectivity index (χ0n) is 11.1. The third-order valence-corrected chi connectivity index (χ3v) is 2.70. The molecule has 2 unspecified atom stereocenters. The van der Waals surface area contributed by atoms with Crippen molar-refractivity contribution in [1.82, 2.24) is 0 Å². The summed E-state index contributed by atoms with van der Waals surface area (Å²) in [6.07, 6.45) is 1.06. The van der Waals surface area contributed by atoms with Gasteiger partial charge in [-0.25, -0.2) is 0 Å². The summed E-state index contributed by atoms with van der Waals surface area (Å²) in [5, 5.41) is 28.2. The molecule has 0 spiro atoms. The van der Waals surface area contributed by atoms with Crippen LogP contribution < -0.4 is 0 Å². The molecule has 0 aliphatic heterocycles. The SMILES string of the molecule is C=C(O)CCC(CCC(O)OC(C)C)[C@@H](C)O. The van der Waals surface area contributed by atoms with E-state index in [1.807, 2.05) is 13.8 Å². The molecule has 4 nitrogen and oxygen atoms in total. The van der Waals surface area contributed by atoms with Gasteiger partial charge >= 0.3 is 0 Å². The van der Waals surface area contributed by atoms with E-state index in [4.69, 9.17) is 9.84 Å². The van der Waals surface area contributed by atoms with Crippen molar-refractivity contribution in [3.8, 4) is 0 Å². The Labute approximate surface area is 104 Å². The van der Waals surface area contributed by atoms with Crippen molar-refractivity contribution in [2.75, 3.05) is 0 Å². The molecule has 3 N–H and O–H groups in total. The highest BCUT2D eigenvalue weighted by Gasteiger charge is 2.17. The first kappa shape index (κ1) is 16.4. The quantitative estimate of drug-likeness (QED) is 0.431. The molecule has 3 atom stereocenters. The highest BCUT2D eigenvalue weighted by Crippen LogP contribution is 2.21. The molecule has 0 saturated heterocycles. The predicted octanol–water partition coefficient (Wildman–Crippen LogP) is 2.36. The summed E-state index contributed by atoms with van der Waals surface area (Å²) in [7, 11) is 0. The van der Waals surface area contributed by atoms with E-state index in [2.05, 4.69) is 6.58 Å². The number of aliphatic hydroxyl groups excluding tert-OH is 3. The number of hydrogen-bond donors (Lipinski definition) is 3. The molecule has 0 radical (unpaired) electrons. The Morgan fingerprint density at radius 1 is 1.12 bits per heavy atom. The van der Waals surface area contributed by atoms with Gasteiger partial charge in [-0.2, -0.15) is 0 Å². The fraction of sp³-hybridized carbons (Fsp3) is 0.846. The summed E-state index contributed by atoms with van der Waals surface area (Å²) in [5.74, 6) is 0.180. The van der Waals surface area contributed by atoms with E-state index in [9.17, 15) is 10.2 Å². The van der Waals surface area contributed by atoms with E-state index >= 15 is 0 Å². The predicted molar refractivity (Wildman–Crippen MR) is 67.6 cm³/mol. The Bertz CT molecular complexity index is 213. The molecule has 0 heterocycles. The lowest BCUT2D eigenvalue weighted by Crippen LogP contribution is -2.22. The van der Waals surface area contributed by atoms with Crippen LogP contribution in [0.15, 0.2) is 12.3 Å². The van der Waals surface area contributed by atoms with Crippen molar-refractivity contribution in [3.05, 3.63) is 12.3 Å². The summed E-state index contributed by atoms with van der Waals surface area (Å²) < 4.78 is 5.21. The lowest BCUT2D eigenvalue weighted by Gasteiger charge is -2.22. The van der Waals surface area contributed by atoms with Crippen LogP contribution in [-0.4, -0.2) is 33.8 Å². The number of ether oxygens (including phenoxy) is 1. The highest BCUT2D eigenvalue weighted by molar-refractivity contribution is 4.80. The van der Waals surface area contributed by atoms with Crippen molar-refractivity contribution in [3.63, 3.8) is 0 Å². The first-order chi connectivity index (χ1) is 7.82. The molecule has 0 amide bonds. The van der Waals surface area contributed by atoms with E-state index in [1.54, 1.807) is 6.92 Å². The van der Waals surface area contributed by atoms with E-state index < -0.39 is 12.4 Å². The third kappa shape index (κ3) is 9.15. The zero-order valence-corrected chi connectivity index (χ0v) is 11.1. The topological polar surface area (TPSA) is 69.9 Å². The molecular weight excluding hydrogens is 220 g/mol. The Hall–Kier alpha value is -0.580.